The van der Waals surface area contributed by atoms with Crippen LogP contribution in [-0.2, 0) is 17.4 Å². The molecule has 0 spiro atoms. The van der Waals surface area contributed by atoms with Crippen LogP contribution in [0.15, 0.2) is 48.5 Å². The van der Waals surface area contributed by atoms with E-state index in [-0.39, 0.29) is 6.61 Å². The van der Waals surface area contributed by atoms with E-state index in [1.165, 1.54) is 5.56 Å². The monoisotopic (exact) mass is 425 g/mol. The van der Waals surface area contributed by atoms with E-state index < -0.39 is 22.2 Å². The Morgan fingerprint density at radius 1 is 1.06 bits per heavy atom. The zero-order chi connectivity index (χ0) is 22.3. The van der Waals surface area contributed by atoms with Gasteiger partial charge in [-0.1, -0.05) is 43.3 Å². The molecule has 5 nitrogen and oxygen atoms in total. The van der Waals surface area contributed by atoms with Gasteiger partial charge in [0, 0.05) is 30.4 Å². The third-order valence-corrected chi connectivity index (χ3v) is 7.92. The molecule has 4 atom stereocenters. The molecule has 5 heteroatoms. The van der Waals surface area contributed by atoms with Crippen LogP contribution in [0.1, 0.15) is 62.6 Å². The van der Waals surface area contributed by atoms with Gasteiger partial charge in [-0.25, -0.2) is 0 Å². The Bertz CT molecular complexity index is 930. The van der Waals surface area contributed by atoms with Gasteiger partial charge >= 0.3 is 0 Å². The normalized spacial score (nSPS) is 34.6. The zero-order valence-corrected chi connectivity index (χ0v) is 18.6. The molecule has 2 aliphatic carbocycles. The molecule has 4 rings (SSSR count). The van der Waals surface area contributed by atoms with E-state index in [4.69, 9.17) is 15.6 Å². The minimum Gasteiger partial charge on any atom is -0.493 e. The fourth-order valence-corrected chi connectivity index (χ4v) is 6.16. The predicted molar refractivity (Wildman–Crippen MR) is 121 cm³/mol. The van der Waals surface area contributed by atoms with Gasteiger partial charge in [0.15, 0.2) is 0 Å². The quantitative estimate of drug-likeness (QED) is 0.533. The van der Waals surface area contributed by atoms with Gasteiger partial charge in [-0.05, 0) is 61.4 Å². The summed E-state index contributed by atoms with van der Waals surface area (Å²) >= 11 is 0. The Morgan fingerprint density at radius 3 is 2.48 bits per heavy atom. The molecule has 0 aliphatic heterocycles. The van der Waals surface area contributed by atoms with Gasteiger partial charge < -0.3 is 25.8 Å². The first-order chi connectivity index (χ1) is 14.7. The van der Waals surface area contributed by atoms with E-state index in [2.05, 4.69) is 19.1 Å². The molecule has 0 heterocycles. The standard InChI is InChI=1S/C26H35NO4/c1-3-24-17-23(2,29)26(30,20-8-5-4-6-9-20)18-25(24,27)13-12-19-16-21(10-11-22(19)24)31-15-7-14-28/h4-6,8-11,16,28-30H,3,7,12-15,17-18,27H2,1-2H3/t23-,24+,25?,26-/m1/s1. The SMILES string of the molecule is CC[C@@]12C[C@@](C)(O)[C@](O)(c3ccccc3)CC1(N)CCc1cc(OCCCO)ccc12. The fraction of sp³-hybridized carbons (Fsp3) is 0.538. The van der Waals surface area contributed by atoms with E-state index in [0.29, 0.717) is 31.4 Å². The highest BCUT2D eigenvalue weighted by Crippen LogP contribution is 2.61. The molecule has 31 heavy (non-hydrogen) atoms. The van der Waals surface area contributed by atoms with Crippen LogP contribution in [0.5, 0.6) is 5.75 Å². The van der Waals surface area contributed by atoms with Crippen LogP contribution in [0.2, 0.25) is 0 Å². The lowest BCUT2D eigenvalue weighted by molar-refractivity contribution is -0.210. The van der Waals surface area contributed by atoms with E-state index in [1.54, 1.807) is 6.92 Å². The molecule has 2 aliphatic rings. The van der Waals surface area contributed by atoms with Crippen molar-refractivity contribution in [3.05, 3.63) is 65.2 Å². The summed E-state index contributed by atoms with van der Waals surface area (Å²) in [7, 11) is 0. The van der Waals surface area contributed by atoms with Crippen molar-refractivity contribution < 1.29 is 20.1 Å². The molecule has 0 radical (unpaired) electrons. The van der Waals surface area contributed by atoms with E-state index >= 15 is 0 Å². The van der Waals surface area contributed by atoms with Crippen molar-refractivity contribution in [3.8, 4) is 5.75 Å². The van der Waals surface area contributed by atoms with Crippen LogP contribution in [0, 0.1) is 0 Å². The van der Waals surface area contributed by atoms with Gasteiger partial charge in [-0.2, -0.15) is 0 Å². The van der Waals surface area contributed by atoms with Crippen LogP contribution in [0.3, 0.4) is 0 Å². The molecule has 2 aromatic rings. The number of rotatable bonds is 6. The molecule has 0 aromatic heterocycles. The van der Waals surface area contributed by atoms with Crippen molar-refractivity contribution in [1.82, 2.24) is 0 Å². The Labute approximate surface area is 184 Å². The first kappa shape index (κ1) is 22.3. The summed E-state index contributed by atoms with van der Waals surface area (Å²) in [6, 6.07) is 15.6. The molecule has 1 saturated carbocycles. The number of benzene rings is 2. The summed E-state index contributed by atoms with van der Waals surface area (Å²) < 4.78 is 5.79. The average Bonchev–Trinajstić information content (AvgIpc) is 2.76. The summed E-state index contributed by atoms with van der Waals surface area (Å²) in [6.45, 7) is 4.47. The number of hydrogen-bond acceptors (Lipinski definition) is 5. The third-order valence-electron chi connectivity index (χ3n) is 7.92. The molecular weight excluding hydrogens is 390 g/mol. The Morgan fingerprint density at radius 2 is 1.81 bits per heavy atom. The highest BCUT2D eigenvalue weighted by Gasteiger charge is 2.66. The number of aliphatic hydroxyl groups is 3. The van der Waals surface area contributed by atoms with Crippen molar-refractivity contribution >= 4 is 0 Å². The molecule has 0 saturated heterocycles. The van der Waals surface area contributed by atoms with Crippen molar-refractivity contribution in [3.63, 3.8) is 0 Å². The minimum absolute atomic E-state index is 0.110. The van der Waals surface area contributed by atoms with Crippen LogP contribution >= 0.6 is 0 Å². The molecule has 1 fully saturated rings. The number of aryl methyl sites for hydroxylation is 1. The van der Waals surface area contributed by atoms with Gasteiger partial charge in [0.1, 0.15) is 11.4 Å². The van der Waals surface area contributed by atoms with E-state index in [1.807, 2.05) is 36.4 Å². The second kappa shape index (κ2) is 7.89. The lowest BCUT2D eigenvalue weighted by atomic mass is 9.45. The predicted octanol–water partition coefficient (Wildman–Crippen LogP) is 3.17. The minimum atomic E-state index is -1.41. The van der Waals surface area contributed by atoms with Crippen molar-refractivity contribution in [2.24, 2.45) is 5.73 Å². The molecule has 168 valence electrons. The summed E-state index contributed by atoms with van der Waals surface area (Å²) in [5.41, 5.74) is 6.42. The maximum Gasteiger partial charge on any atom is 0.120 e. The lowest BCUT2D eigenvalue weighted by Crippen LogP contribution is -2.73. The summed E-state index contributed by atoms with van der Waals surface area (Å²) in [5, 5.41) is 32.5. The average molecular weight is 426 g/mol. The fourth-order valence-electron chi connectivity index (χ4n) is 6.16. The van der Waals surface area contributed by atoms with Gasteiger partial charge in [-0.3, -0.25) is 0 Å². The smallest absolute Gasteiger partial charge is 0.120 e. The summed E-state index contributed by atoms with van der Waals surface area (Å²) in [4.78, 5) is 0. The largest absolute Gasteiger partial charge is 0.493 e. The van der Waals surface area contributed by atoms with Crippen LogP contribution in [-0.4, -0.2) is 39.7 Å². The number of hydrogen-bond donors (Lipinski definition) is 4. The van der Waals surface area contributed by atoms with Gasteiger partial charge in [0.05, 0.1) is 12.2 Å². The molecular formula is C26H35NO4. The van der Waals surface area contributed by atoms with Gasteiger partial charge in [-0.15, -0.1) is 0 Å². The van der Waals surface area contributed by atoms with E-state index in [0.717, 1.165) is 30.6 Å². The van der Waals surface area contributed by atoms with Crippen LogP contribution < -0.4 is 10.5 Å². The molecule has 2 aromatic carbocycles. The summed E-state index contributed by atoms with van der Waals surface area (Å²) in [5.74, 6) is 0.798. The highest BCUT2D eigenvalue weighted by molar-refractivity contribution is 5.48. The first-order valence-electron chi connectivity index (χ1n) is 11.4. The summed E-state index contributed by atoms with van der Waals surface area (Å²) in [6.07, 6.45) is 3.61. The second-order valence-corrected chi connectivity index (χ2v) is 9.69. The third kappa shape index (κ3) is 3.39. The van der Waals surface area contributed by atoms with Crippen LogP contribution in [0.4, 0.5) is 0 Å². The molecule has 0 bridgehead atoms. The Kier molecular flexibility index (Phi) is 5.67. The van der Waals surface area contributed by atoms with Gasteiger partial charge in [0.2, 0.25) is 0 Å². The van der Waals surface area contributed by atoms with Crippen molar-refractivity contribution in [2.45, 2.75) is 74.5 Å². The van der Waals surface area contributed by atoms with Crippen LogP contribution in [0.25, 0.3) is 0 Å². The molecule has 1 unspecified atom stereocenters. The van der Waals surface area contributed by atoms with Crippen molar-refractivity contribution in [1.29, 1.82) is 0 Å². The molecule has 5 N–H and O–H groups in total. The number of nitrogens with two attached hydrogens (primary N) is 1. The lowest BCUT2D eigenvalue weighted by Gasteiger charge is -2.63. The maximum absolute atomic E-state index is 11.8. The number of aliphatic hydroxyl groups excluding tert-OH is 1. The highest BCUT2D eigenvalue weighted by atomic mass is 16.5. The first-order valence-corrected chi connectivity index (χ1v) is 11.4. The Hall–Kier alpha value is -1.92. The van der Waals surface area contributed by atoms with E-state index in [9.17, 15) is 10.2 Å². The molecule has 0 amide bonds. The number of ether oxygens (including phenoxy) is 1. The van der Waals surface area contributed by atoms with Crippen molar-refractivity contribution in [2.75, 3.05) is 13.2 Å². The zero-order valence-electron chi connectivity index (χ0n) is 18.6. The van der Waals surface area contributed by atoms with Gasteiger partial charge in [0.25, 0.3) is 0 Å². The number of fused-ring (bicyclic) bond motifs is 3. The maximum atomic E-state index is 11.8. The topological polar surface area (TPSA) is 95.9 Å². The second-order valence-electron chi connectivity index (χ2n) is 9.69. The Balaban J connectivity index is 1.76.